The lowest BCUT2D eigenvalue weighted by atomic mass is 9.87. The van der Waals surface area contributed by atoms with Crippen LogP contribution in [0, 0.1) is 10.1 Å². The maximum Gasteiger partial charge on any atom is 0.269 e. The summed E-state index contributed by atoms with van der Waals surface area (Å²) in [5.41, 5.74) is -0.473. The number of fused-ring (bicyclic) bond motifs is 1. The molecule has 1 aliphatic heterocycles. The molecule has 0 spiro atoms. The lowest BCUT2D eigenvalue weighted by Gasteiger charge is -2.22. The molecule has 0 saturated heterocycles. The molecule has 6 nitrogen and oxygen atoms in total. The zero-order valence-electron chi connectivity index (χ0n) is 11.2. The molecule has 1 N–H and O–H groups in total. The van der Waals surface area contributed by atoms with E-state index in [1.54, 1.807) is 31.3 Å². The van der Waals surface area contributed by atoms with Crippen LogP contribution in [-0.4, -0.2) is 23.0 Å². The quantitative estimate of drug-likeness (QED) is 0.673. The van der Waals surface area contributed by atoms with Gasteiger partial charge in [-0.1, -0.05) is 18.2 Å². The fourth-order valence-corrected chi connectivity index (χ4v) is 2.64. The molecule has 0 aromatic heterocycles. The Hall–Kier alpha value is -2.73. The van der Waals surface area contributed by atoms with Crippen LogP contribution in [0.1, 0.15) is 11.1 Å². The summed E-state index contributed by atoms with van der Waals surface area (Å²) in [6.07, 6.45) is 0. The Kier molecular flexibility index (Phi) is 2.77. The van der Waals surface area contributed by atoms with Gasteiger partial charge < -0.3 is 10.0 Å². The second-order valence-electron chi connectivity index (χ2n) is 4.90. The Morgan fingerprint density at radius 3 is 2.38 bits per heavy atom. The second-order valence-corrected chi connectivity index (χ2v) is 4.90. The second kappa shape index (κ2) is 4.39. The van der Waals surface area contributed by atoms with Crippen molar-refractivity contribution in [3.05, 3.63) is 69.8 Å². The average molecular weight is 284 g/mol. The summed E-state index contributed by atoms with van der Waals surface area (Å²) in [6.45, 7) is 0. The number of carbonyl (C=O) groups is 1. The van der Waals surface area contributed by atoms with Crippen molar-refractivity contribution >= 4 is 17.3 Å². The number of aliphatic hydroxyl groups is 1. The van der Waals surface area contributed by atoms with E-state index in [1.807, 2.05) is 0 Å². The van der Waals surface area contributed by atoms with E-state index in [4.69, 9.17) is 0 Å². The fourth-order valence-electron chi connectivity index (χ4n) is 2.64. The van der Waals surface area contributed by atoms with Gasteiger partial charge in [0.2, 0.25) is 0 Å². The van der Waals surface area contributed by atoms with E-state index in [-0.39, 0.29) is 5.69 Å². The highest BCUT2D eigenvalue weighted by atomic mass is 16.6. The minimum absolute atomic E-state index is 0.0885. The van der Waals surface area contributed by atoms with Gasteiger partial charge in [0.05, 0.1) is 10.6 Å². The maximum atomic E-state index is 12.4. The summed E-state index contributed by atoms with van der Waals surface area (Å²) in [5, 5.41) is 21.6. The third kappa shape index (κ3) is 1.73. The molecular weight excluding hydrogens is 272 g/mol. The minimum atomic E-state index is -1.81. The standard InChI is InChI=1S/C15H12N2O4/c1-16-13-5-3-2-4-12(13)15(19,14(16)18)10-6-8-11(9-7-10)17(20)21/h2-9,19H,1H3. The molecule has 0 fully saturated rings. The summed E-state index contributed by atoms with van der Waals surface area (Å²) in [4.78, 5) is 24.0. The van der Waals surface area contributed by atoms with Crippen LogP contribution < -0.4 is 4.90 Å². The molecule has 6 heteroatoms. The number of anilines is 1. The molecule has 0 bridgehead atoms. The molecule has 106 valence electrons. The minimum Gasteiger partial charge on any atom is -0.372 e. The van der Waals surface area contributed by atoms with Gasteiger partial charge in [0, 0.05) is 24.7 Å². The molecular formula is C15H12N2O4. The van der Waals surface area contributed by atoms with Gasteiger partial charge in [0.15, 0.2) is 5.60 Å². The number of para-hydroxylation sites is 1. The first kappa shape index (κ1) is 13.3. The average Bonchev–Trinajstić information content (AvgIpc) is 2.71. The first-order valence-electron chi connectivity index (χ1n) is 6.31. The number of rotatable bonds is 2. The first-order chi connectivity index (χ1) is 9.96. The molecule has 2 aromatic rings. The zero-order valence-corrected chi connectivity index (χ0v) is 11.2. The van der Waals surface area contributed by atoms with Crippen LogP contribution in [0.25, 0.3) is 0 Å². The molecule has 0 saturated carbocycles. The van der Waals surface area contributed by atoms with E-state index in [2.05, 4.69) is 0 Å². The monoisotopic (exact) mass is 284 g/mol. The van der Waals surface area contributed by atoms with E-state index >= 15 is 0 Å². The van der Waals surface area contributed by atoms with E-state index < -0.39 is 16.4 Å². The summed E-state index contributed by atoms with van der Waals surface area (Å²) in [7, 11) is 1.59. The maximum absolute atomic E-state index is 12.4. The fraction of sp³-hybridized carbons (Fsp3) is 0.133. The number of amides is 1. The predicted octanol–water partition coefficient (Wildman–Crippen LogP) is 1.81. The van der Waals surface area contributed by atoms with Gasteiger partial charge in [0.25, 0.3) is 11.6 Å². The van der Waals surface area contributed by atoms with Crippen LogP contribution in [0.2, 0.25) is 0 Å². The van der Waals surface area contributed by atoms with Gasteiger partial charge in [-0.2, -0.15) is 0 Å². The number of nitro benzene ring substituents is 1. The number of likely N-dealkylation sites (N-methyl/N-ethyl adjacent to an activating group) is 1. The van der Waals surface area contributed by atoms with Crippen molar-refractivity contribution in [2.24, 2.45) is 0 Å². The van der Waals surface area contributed by atoms with Crippen LogP contribution in [0.5, 0.6) is 0 Å². The molecule has 0 radical (unpaired) electrons. The number of nitro groups is 1. The SMILES string of the molecule is CN1C(=O)C(O)(c2ccc([N+](=O)[O-])cc2)c2ccccc21. The Morgan fingerprint density at radius 1 is 1.14 bits per heavy atom. The lowest BCUT2D eigenvalue weighted by Crippen LogP contribution is -2.39. The smallest absolute Gasteiger partial charge is 0.269 e. The van der Waals surface area contributed by atoms with Gasteiger partial charge >= 0.3 is 0 Å². The molecule has 1 heterocycles. The van der Waals surface area contributed by atoms with Crippen molar-refractivity contribution in [3.63, 3.8) is 0 Å². The van der Waals surface area contributed by atoms with Crippen LogP contribution in [0.4, 0.5) is 11.4 Å². The van der Waals surface area contributed by atoms with Crippen LogP contribution in [0.3, 0.4) is 0 Å². The van der Waals surface area contributed by atoms with Gasteiger partial charge in [-0.05, 0) is 23.8 Å². The van der Waals surface area contributed by atoms with Crippen molar-refractivity contribution in [1.82, 2.24) is 0 Å². The van der Waals surface area contributed by atoms with Crippen LogP contribution >= 0.6 is 0 Å². The molecule has 1 aliphatic rings. The summed E-state index contributed by atoms with van der Waals surface area (Å²) < 4.78 is 0. The van der Waals surface area contributed by atoms with Gasteiger partial charge in [-0.25, -0.2) is 0 Å². The number of benzene rings is 2. The third-order valence-corrected chi connectivity index (χ3v) is 3.77. The van der Waals surface area contributed by atoms with Gasteiger partial charge in [0.1, 0.15) is 0 Å². The van der Waals surface area contributed by atoms with Crippen molar-refractivity contribution < 1.29 is 14.8 Å². The van der Waals surface area contributed by atoms with Crippen LogP contribution in [0.15, 0.2) is 48.5 Å². The summed E-state index contributed by atoms with van der Waals surface area (Å²) in [6, 6.07) is 12.3. The molecule has 1 atom stereocenters. The van der Waals surface area contributed by atoms with E-state index in [1.165, 1.54) is 29.2 Å². The Labute approximate surface area is 120 Å². The van der Waals surface area contributed by atoms with E-state index in [0.29, 0.717) is 16.8 Å². The topological polar surface area (TPSA) is 83.7 Å². The summed E-state index contributed by atoms with van der Waals surface area (Å²) in [5.74, 6) is -0.474. The van der Waals surface area contributed by atoms with E-state index in [9.17, 15) is 20.0 Å². The zero-order chi connectivity index (χ0) is 15.2. The highest BCUT2D eigenvalue weighted by molar-refractivity contribution is 6.08. The normalized spacial score (nSPS) is 20.5. The largest absolute Gasteiger partial charge is 0.372 e. The molecule has 1 unspecified atom stereocenters. The van der Waals surface area contributed by atoms with Crippen LogP contribution in [-0.2, 0) is 10.4 Å². The number of carbonyl (C=O) groups excluding carboxylic acids is 1. The molecule has 0 aliphatic carbocycles. The molecule has 21 heavy (non-hydrogen) atoms. The number of hydrogen-bond acceptors (Lipinski definition) is 4. The van der Waals surface area contributed by atoms with Crippen molar-refractivity contribution in [3.8, 4) is 0 Å². The highest BCUT2D eigenvalue weighted by Gasteiger charge is 2.49. The summed E-state index contributed by atoms with van der Waals surface area (Å²) >= 11 is 0. The van der Waals surface area contributed by atoms with Crippen molar-refractivity contribution in [2.45, 2.75) is 5.60 Å². The Bertz CT molecular complexity index is 742. The molecule has 2 aromatic carbocycles. The van der Waals surface area contributed by atoms with Crippen molar-refractivity contribution in [2.75, 3.05) is 11.9 Å². The Balaban J connectivity index is 2.16. The van der Waals surface area contributed by atoms with Gasteiger partial charge in [-0.3, -0.25) is 14.9 Å². The highest BCUT2D eigenvalue weighted by Crippen LogP contribution is 2.43. The number of non-ortho nitro benzene ring substituents is 1. The number of hydrogen-bond donors (Lipinski definition) is 1. The third-order valence-electron chi connectivity index (χ3n) is 3.77. The predicted molar refractivity (Wildman–Crippen MR) is 75.9 cm³/mol. The molecule has 3 rings (SSSR count). The lowest BCUT2D eigenvalue weighted by molar-refractivity contribution is -0.384. The molecule has 1 amide bonds. The number of nitrogens with zero attached hydrogens (tertiary/aromatic N) is 2. The first-order valence-corrected chi connectivity index (χ1v) is 6.31. The van der Waals surface area contributed by atoms with E-state index in [0.717, 1.165) is 0 Å². The van der Waals surface area contributed by atoms with Gasteiger partial charge in [-0.15, -0.1) is 0 Å². The van der Waals surface area contributed by atoms with Crippen molar-refractivity contribution in [1.29, 1.82) is 0 Å². The Morgan fingerprint density at radius 2 is 1.76 bits per heavy atom.